The highest BCUT2D eigenvalue weighted by atomic mass is 35.5. The molecule has 18 heavy (non-hydrogen) atoms. The van der Waals surface area contributed by atoms with Crippen molar-refractivity contribution in [2.75, 3.05) is 30.2 Å². The fourth-order valence-electron chi connectivity index (χ4n) is 1.25. The molecule has 1 rings (SSSR count). The number of rotatable bonds is 5. The van der Waals surface area contributed by atoms with Gasteiger partial charge in [-0.15, -0.1) is 11.6 Å². The molecule has 0 aromatic heterocycles. The van der Waals surface area contributed by atoms with Crippen LogP contribution in [-0.2, 0) is 9.59 Å². The molecule has 4 N–H and O–H groups in total. The molecule has 2 amide bonds. The number of alkyl halides is 1. The first-order valence-electron chi connectivity index (χ1n) is 5.14. The first-order chi connectivity index (χ1) is 8.60. The molecular formula is C11H14ClN3O3. The van der Waals surface area contributed by atoms with Gasteiger partial charge >= 0.3 is 0 Å². The van der Waals surface area contributed by atoms with E-state index in [0.29, 0.717) is 17.1 Å². The van der Waals surface area contributed by atoms with E-state index in [1.54, 1.807) is 18.2 Å². The van der Waals surface area contributed by atoms with Gasteiger partial charge in [0.1, 0.15) is 11.6 Å². The van der Waals surface area contributed by atoms with E-state index in [0.717, 1.165) is 0 Å². The van der Waals surface area contributed by atoms with Crippen LogP contribution in [0.1, 0.15) is 0 Å². The summed E-state index contributed by atoms with van der Waals surface area (Å²) in [5.41, 5.74) is 6.06. The third-order valence-electron chi connectivity index (χ3n) is 2.08. The third kappa shape index (κ3) is 3.90. The summed E-state index contributed by atoms with van der Waals surface area (Å²) in [7, 11) is 1.50. The minimum Gasteiger partial charge on any atom is -0.497 e. The molecule has 0 spiro atoms. The van der Waals surface area contributed by atoms with Crippen LogP contribution < -0.4 is 21.1 Å². The number of hydrogen-bond donors (Lipinski definition) is 3. The second-order valence-electron chi connectivity index (χ2n) is 3.35. The van der Waals surface area contributed by atoms with Crippen molar-refractivity contribution in [1.82, 2.24) is 0 Å². The van der Waals surface area contributed by atoms with E-state index in [9.17, 15) is 9.59 Å². The predicted octanol–water partition coefficient (Wildman–Crippen LogP) is 0.770. The molecule has 0 aliphatic carbocycles. The number of nitrogens with two attached hydrogens (primary N) is 1. The second-order valence-corrected chi connectivity index (χ2v) is 3.61. The Morgan fingerprint density at radius 2 is 1.94 bits per heavy atom. The predicted molar refractivity (Wildman–Crippen MR) is 70.0 cm³/mol. The Morgan fingerprint density at radius 3 is 2.50 bits per heavy atom. The second kappa shape index (κ2) is 6.83. The topological polar surface area (TPSA) is 93.5 Å². The minimum absolute atomic E-state index is 0.153. The summed E-state index contributed by atoms with van der Waals surface area (Å²) in [5.74, 6) is -0.364. The number of methoxy groups -OCH3 is 1. The molecule has 0 unspecified atom stereocenters. The van der Waals surface area contributed by atoms with Gasteiger partial charge in [0.05, 0.1) is 25.0 Å². The number of benzene rings is 1. The van der Waals surface area contributed by atoms with Crippen LogP contribution in [0.25, 0.3) is 0 Å². The highest BCUT2D eigenvalue weighted by Crippen LogP contribution is 2.27. The van der Waals surface area contributed by atoms with Gasteiger partial charge in [-0.3, -0.25) is 9.59 Å². The fourth-order valence-corrected chi connectivity index (χ4v) is 1.31. The van der Waals surface area contributed by atoms with Crippen molar-refractivity contribution in [2.45, 2.75) is 0 Å². The summed E-state index contributed by atoms with van der Waals surface area (Å²) < 4.78 is 5.04. The van der Waals surface area contributed by atoms with Gasteiger partial charge in [0.15, 0.2) is 0 Å². The molecule has 0 atom stereocenters. The largest absolute Gasteiger partial charge is 0.497 e. The highest BCUT2D eigenvalue weighted by molar-refractivity contribution is 6.29. The van der Waals surface area contributed by atoms with E-state index < -0.39 is 0 Å². The Kier molecular flexibility index (Phi) is 5.41. The molecule has 98 valence electrons. The Morgan fingerprint density at radius 1 is 1.28 bits per heavy atom. The molecule has 1 aromatic rings. The Balaban J connectivity index is 2.99. The molecule has 0 heterocycles. The van der Waals surface area contributed by atoms with Crippen molar-refractivity contribution in [2.24, 2.45) is 5.73 Å². The number of amides is 2. The van der Waals surface area contributed by atoms with Gasteiger partial charge in [0, 0.05) is 6.07 Å². The van der Waals surface area contributed by atoms with E-state index in [1.165, 1.54) is 7.11 Å². The number of nitrogens with one attached hydrogen (secondary N) is 2. The lowest BCUT2D eigenvalue weighted by atomic mass is 10.2. The van der Waals surface area contributed by atoms with E-state index in [1.807, 2.05) is 0 Å². The first-order valence-corrected chi connectivity index (χ1v) is 5.68. The molecule has 0 radical (unpaired) electrons. The van der Waals surface area contributed by atoms with Crippen molar-refractivity contribution in [3.8, 4) is 5.75 Å². The third-order valence-corrected chi connectivity index (χ3v) is 2.32. The lowest BCUT2D eigenvalue weighted by Crippen LogP contribution is -2.23. The molecule has 6 nitrogen and oxygen atoms in total. The van der Waals surface area contributed by atoms with Gasteiger partial charge in [0.2, 0.25) is 11.8 Å². The number of halogens is 1. The molecule has 0 saturated carbocycles. The van der Waals surface area contributed by atoms with Crippen LogP contribution >= 0.6 is 11.6 Å². The van der Waals surface area contributed by atoms with Crippen LogP contribution in [0.15, 0.2) is 18.2 Å². The highest BCUT2D eigenvalue weighted by Gasteiger charge is 2.09. The van der Waals surface area contributed by atoms with E-state index in [4.69, 9.17) is 22.1 Å². The van der Waals surface area contributed by atoms with Gasteiger partial charge in [-0.05, 0) is 12.1 Å². The average Bonchev–Trinajstić information content (AvgIpc) is 2.40. The summed E-state index contributed by atoms with van der Waals surface area (Å²) in [4.78, 5) is 22.5. The smallest absolute Gasteiger partial charge is 0.239 e. The lowest BCUT2D eigenvalue weighted by Gasteiger charge is -2.12. The molecule has 0 bridgehead atoms. The Hall–Kier alpha value is -1.79. The SMILES string of the molecule is COc1ccc(NC(=O)CCl)c(NC(=O)CN)c1. The quantitative estimate of drug-likeness (QED) is 0.690. The summed E-state index contributed by atoms with van der Waals surface area (Å²) in [6, 6.07) is 4.84. The number of anilines is 2. The molecule has 0 aliphatic rings. The van der Waals surface area contributed by atoms with Crippen molar-refractivity contribution < 1.29 is 14.3 Å². The fraction of sp³-hybridized carbons (Fsp3) is 0.273. The maximum absolute atomic E-state index is 11.3. The molecule has 0 saturated heterocycles. The number of hydrogen-bond acceptors (Lipinski definition) is 4. The molecule has 1 aromatic carbocycles. The van der Waals surface area contributed by atoms with Crippen molar-refractivity contribution in [3.63, 3.8) is 0 Å². The monoisotopic (exact) mass is 271 g/mol. The van der Waals surface area contributed by atoms with Crippen LogP contribution in [0.2, 0.25) is 0 Å². The molecule has 0 fully saturated rings. The van der Waals surface area contributed by atoms with E-state index >= 15 is 0 Å². The maximum Gasteiger partial charge on any atom is 0.239 e. The van der Waals surface area contributed by atoms with Gasteiger partial charge in [0.25, 0.3) is 0 Å². The molecule has 7 heteroatoms. The average molecular weight is 272 g/mol. The number of carbonyl (C=O) groups is 2. The summed E-state index contributed by atoms with van der Waals surface area (Å²) in [6.07, 6.45) is 0. The summed E-state index contributed by atoms with van der Waals surface area (Å²) in [6.45, 7) is -0.153. The number of carbonyl (C=O) groups excluding carboxylic acids is 2. The van der Waals surface area contributed by atoms with Crippen molar-refractivity contribution in [3.05, 3.63) is 18.2 Å². The van der Waals surface area contributed by atoms with Gasteiger partial charge in [-0.25, -0.2) is 0 Å². The van der Waals surface area contributed by atoms with Crippen molar-refractivity contribution in [1.29, 1.82) is 0 Å². The van der Waals surface area contributed by atoms with Crippen LogP contribution in [0, 0.1) is 0 Å². The summed E-state index contributed by atoms with van der Waals surface area (Å²) in [5, 5.41) is 5.12. The normalized spacial score (nSPS) is 9.72. The van der Waals surface area contributed by atoms with Crippen molar-refractivity contribution >= 4 is 34.8 Å². The van der Waals surface area contributed by atoms with Crippen LogP contribution in [0.3, 0.4) is 0 Å². The molecular weight excluding hydrogens is 258 g/mol. The van der Waals surface area contributed by atoms with E-state index in [2.05, 4.69) is 10.6 Å². The van der Waals surface area contributed by atoms with Crippen LogP contribution in [0.5, 0.6) is 5.75 Å². The standard InChI is InChI=1S/C11H14ClN3O3/c1-18-7-2-3-8(14-10(16)5-12)9(4-7)15-11(17)6-13/h2-4H,5-6,13H2,1H3,(H,14,16)(H,15,17). The van der Waals surface area contributed by atoms with Crippen LogP contribution in [0.4, 0.5) is 11.4 Å². The first kappa shape index (κ1) is 14.3. The van der Waals surface area contributed by atoms with Gasteiger partial charge in [-0.2, -0.15) is 0 Å². The van der Waals surface area contributed by atoms with Gasteiger partial charge in [-0.1, -0.05) is 0 Å². The lowest BCUT2D eigenvalue weighted by molar-refractivity contribution is -0.115. The molecule has 0 aliphatic heterocycles. The summed E-state index contributed by atoms with van der Waals surface area (Å²) >= 11 is 5.40. The van der Waals surface area contributed by atoms with Gasteiger partial charge < -0.3 is 21.1 Å². The maximum atomic E-state index is 11.3. The zero-order valence-electron chi connectivity index (χ0n) is 9.83. The zero-order chi connectivity index (χ0) is 13.5. The number of ether oxygens (including phenoxy) is 1. The Bertz CT molecular complexity index is 451. The Labute approximate surface area is 109 Å². The van der Waals surface area contributed by atoms with Crippen LogP contribution in [-0.4, -0.2) is 31.3 Å². The van der Waals surface area contributed by atoms with E-state index in [-0.39, 0.29) is 24.2 Å². The zero-order valence-corrected chi connectivity index (χ0v) is 10.6. The minimum atomic E-state index is -0.371.